The lowest BCUT2D eigenvalue weighted by molar-refractivity contribution is 0.244. The lowest BCUT2D eigenvalue weighted by atomic mass is 9.90. The molecule has 1 fully saturated rings. The van der Waals surface area contributed by atoms with Crippen LogP contribution in [-0.4, -0.2) is 37.6 Å². The van der Waals surface area contributed by atoms with Crippen LogP contribution in [0.2, 0.25) is 0 Å². The van der Waals surface area contributed by atoms with Gasteiger partial charge >= 0.3 is 0 Å². The predicted octanol–water partition coefficient (Wildman–Crippen LogP) is 3.92. The molecule has 1 N–H and O–H groups in total. The lowest BCUT2D eigenvalue weighted by Gasteiger charge is -2.27. The van der Waals surface area contributed by atoms with E-state index in [0.29, 0.717) is 5.92 Å². The Labute approximate surface area is 140 Å². The van der Waals surface area contributed by atoms with Crippen molar-refractivity contribution in [2.45, 2.75) is 26.2 Å². The van der Waals surface area contributed by atoms with Crippen molar-refractivity contribution in [2.24, 2.45) is 0 Å². The Morgan fingerprint density at radius 3 is 2.43 bits per heavy atom. The molecule has 2 aromatic rings. The van der Waals surface area contributed by atoms with E-state index in [0.717, 1.165) is 26.1 Å². The molecule has 0 atom stereocenters. The molecule has 122 valence electrons. The molecule has 0 aromatic heterocycles. The Morgan fingerprint density at radius 2 is 1.74 bits per heavy atom. The van der Waals surface area contributed by atoms with Crippen molar-refractivity contribution in [3.63, 3.8) is 0 Å². The summed E-state index contributed by atoms with van der Waals surface area (Å²) in [4.78, 5) is 2.56. The van der Waals surface area contributed by atoms with Gasteiger partial charge in [-0.05, 0) is 34.6 Å². The summed E-state index contributed by atoms with van der Waals surface area (Å²) >= 11 is 0. The maximum atomic E-state index is 3.42. The Kier molecular flexibility index (Phi) is 5.47. The van der Waals surface area contributed by atoms with Crippen molar-refractivity contribution in [1.82, 2.24) is 10.2 Å². The summed E-state index contributed by atoms with van der Waals surface area (Å²) in [5, 5.41) is 3.42. The lowest BCUT2D eigenvalue weighted by Crippen LogP contribution is -2.44. The molecule has 1 aliphatic heterocycles. The minimum Gasteiger partial charge on any atom is -0.314 e. The second kappa shape index (κ2) is 7.76. The van der Waals surface area contributed by atoms with E-state index in [-0.39, 0.29) is 0 Å². The van der Waals surface area contributed by atoms with Crippen LogP contribution < -0.4 is 5.32 Å². The molecule has 0 saturated carbocycles. The fourth-order valence-corrected chi connectivity index (χ4v) is 3.35. The van der Waals surface area contributed by atoms with Crippen molar-refractivity contribution < 1.29 is 0 Å². The van der Waals surface area contributed by atoms with Crippen LogP contribution in [0.1, 0.15) is 30.9 Å². The van der Waals surface area contributed by atoms with Gasteiger partial charge in [-0.15, -0.1) is 0 Å². The molecule has 0 unspecified atom stereocenters. The van der Waals surface area contributed by atoms with Crippen LogP contribution >= 0.6 is 0 Å². The first kappa shape index (κ1) is 16.2. The van der Waals surface area contributed by atoms with E-state index in [1.807, 2.05) is 0 Å². The maximum Gasteiger partial charge on any atom is 0.0108 e. The largest absolute Gasteiger partial charge is 0.314 e. The molecule has 1 saturated heterocycles. The molecule has 2 aromatic carbocycles. The van der Waals surface area contributed by atoms with Gasteiger partial charge in [-0.25, -0.2) is 0 Å². The van der Waals surface area contributed by atoms with Gasteiger partial charge in [-0.1, -0.05) is 62.4 Å². The Hall–Kier alpha value is -1.64. The molecule has 0 aliphatic carbocycles. The van der Waals surface area contributed by atoms with Crippen LogP contribution in [0, 0.1) is 0 Å². The van der Waals surface area contributed by atoms with Gasteiger partial charge in [0.25, 0.3) is 0 Å². The molecule has 1 aliphatic rings. The van der Waals surface area contributed by atoms with Crippen LogP contribution in [0.4, 0.5) is 0 Å². The molecule has 23 heavy (non-hydrogen) atoms. The Bertz CT molecular complexity index is 613. The van der Waals surface area contributed by atoms with E-state index in [2.05, 4.69) is 72.6 Å². The van der Waals surface area contributed by atoms with E-state index < -0.39 is 0 Å². The summed E-state index contributed by atoms with van der Waals surface area (Å²) < 4.78 is 0. The van der Waals surface area contributed by atoms with Crippen molar-refractivity contribution in [1.29, 1.82) is 0 Å². The average molecular weight is 308 g/mol. The zero-order valence-electron chi connectivity index (χ0n) is 14.4. The molecule has 2 heteroatoms. The predicted molar refractivity (Wildman–Crippen MR) is 99.0 cm³/mol. The standard InChI is InChI=1S/C21H28N2/c1-17(2)20-9-8-18(10-13-23-14-11-22-12-15-23)16-21(20)19-6-4-3-5-7-19/h3-9,16-17,22H,10-15H2,1-2H3. The first-order valence-corrected chi connectivity index (χ1v) is 8.85. The van der Waals surface area contributed by atoms with Crippen LogP contribution in [0.25, 0.3) is 11.1 Å². The first-order valence-electron chi connectivity index (χ1n) is 8.85. The van der Waals surface area contributed by atoms with E-state index in [4.69, 9.17) is 0 Å². The van der Waals surface area contributed by atoms with E-state index in [1.54, 1.807) is 0 Å². The SMILES string of the molecule is CC(C)c1ccc(CCN2CCNCC2)cc1-c1ccccc1. The van der Waals surface area contributed by atoms with Crippen molar-refractivity contribution in [2.75, 3.05) is 32.7 Å². The van der Waals surface area contributed by atoms with Gasteiger partial charge in [-0.2, -0.15) is 0 Å². The monoisotopic (exact) mass is 308 g/mol. The van der Waals surface area contributed by atoms with Gasteiger partial charge < -0.3 is 10.2 Å². The smallest absolute Gasteiger partial charge is 0.0108 e. The van der Waals surface area contributed by atoms with Gasteiger partial charge in [0, 0.05) is 32.7 Å². The molecular weight excluding hydrogens is 280 g/mol. The third-order valence-corrected chi connectivity index (χ3v) is 4.75. The third kappa shape index (κ3) is 4.21. The highest BCUT2D eigenvalue weighted by atomic mass is 15.2. The third-order valence-electron chi connectivity index (χ3n) is 4.75. The first-order chi connectivity index (χ1) is 11.2. The highest BCUT2D eigenvalue weighted by molar-refractivity contribution is 5.68. The summed E-state index contributed by atoms with van der Waals surface area (Å²) in [6.45, 7) is 10.3. The maximum absolute atomic E-state index is 3.42. The summed E-state index contributed by atoms with van der Waals surface area (Å²) in [7, 11) is 0. The minimum absolute atomic E-state index is 0.549. The molecule has 2 nitrogen and oxygen atoms in total. The molecule has 3 rings (SSSR count). The zero-order chi connectivity index (χ0) is 16.1. The molecule has 0 spiro atoms. The van der Waals surface area contributed by atoms with Crippen molar-refractivity contribution >= 4 is 0 Å². The number of nitrogens with one attached hydrogen (secondary N) is 1. The Balaban J connectivity index is 1.79. The summed E-state index contributed by atoms with van der Waals surface area (Å²) in [6, 6.07) is 17.9. The van der Waals surface area contributed by atoms with Crippen LogP contribution in [-0.2, 0) is 6.42 Å². The van der Waals surface area contributed by atoms with Gasteiger partial charge in [0.2, 0.25) is 0 Å². The van der Waals surface area contributed by atoms with Crippen LogP contribution in [0.15, 0.2) is 48.5 Å². The number of hydrogen-bond acceptors (Lipinski definition) is 2. The van der Waals surface area contributed by atoms with Gasteiger partial charge in [0.15, 0.2) is 0 Å². The van der Waals surface area contributed by atoms with Crippen LogP contribution in [0.5, 0.6) is 0 Å². The fraction of sp³-hybridized carbons (Fsp3) is 0.429. The van der Waals surface area contributed by atoms with E-state index >= 15 is 0 Å². The molecular formula is C21H28N2. The average Bonchev–Trinajstić information content (AvgIpc) is 2.61. The Morgan fingerprint density at radius 1 is 1.00 bits per heavy atom. The van der Waals surface area contributed by atoms with Gasteiger partial charge in [0.05, 0.1) is 0 Å². The quantitative estimate of drug-likeness (QED) is 0.900. The second-order valence-electron chi connectivity index (χ2n) is 6.78. The minimum atomic E-state index is 0.549. The second-order valence-corrected chi connectivity index (χ2v) is 6.78. The van der Waals surface area contributed by atoms with Gasteiger partial charge in [0.1, 0.15) is 0 Å². The summed E-state index contributed by atoms with van der Waals surface area (Å²) in [5.74, 6) is 0.549. The van der Waals surface area contributed by atoms with Crippen LogP contribution in [0.3, 0.4) is 0 Å². The number of hydrogen-bond donors (Lipinski definition) is 1. The van der Waals surface area contributed by atoms with Gasteiger partial charge in [-0.3, -0.25) is 0 Å². The molecule has 0 amide bonds. The fourth-order valence-electron chi connectivity index (χ4n) is 3.35. The number of rotatable bonds is 5. The number of piperazine rings is 1. The van der Waals surface area contributed by atoms with E-state index in [1.165, 1.54) is 35.3 Å². The van der Waals surface area contributed by atoms with E-state index in [9.17, 15) is 0 Å². The van der Waals surface area contributed by atoms with Crippen molar-refractivity contribution in [3.8, 4) is 11.1 Å². The molecule has 1 heterocycles. The highest BCUT2D eigenvalue weighted by Crippen LogP contribution is 2.30. The topological polar surface area (TPSA) is 15.3 Å². The number of benzene rings is 2. The summed E-state index contributed by atoms with van der Waals surface area (Å²) in [5.41, 5.74) is 5.63. The zero-order valence-corrected chi connectivity index (χ0v) is 14.4. The normalized spacial score (nSPS) is 16.0. The highest BCUT2D eigenvalue weighted by Gasteiger charge is 2.12. The molecule has 0 bridgehead atoms. The number of nitrogens with zero attached hydrogens (tertiary/aromatic N) is 1. The summed E-state index contributed by atoms with van der Waals surface area (Å²) in [6.07, 6.45) is 1.14. The van der Waals surface area contributed by atoms with Crippen molar-refractivity contribution in [3.05, 3.63) is 59.7 Å². The molecule has 0 radical (unpaired) electrons.